The summed E-state index contributed by atoms with van der Waals surface area (Å²) in [5, 5.41) is 9.02. The van der Waals surface area contributed by atoms with E-state index in [1.54, 1.807) is 6.20 Å². The normalized spacial score (nSPS) is 14.1. The molecule has 2 rings (SSSR count). The van der Waals surface area contributed by atoms with Crippen LogP contribution in [-0.2, 0) is 17.7 Å². The molecule has 0 bridgehead atoms. The van der Waals surface area contributed by atoms with Crippen LogP contribution >= 0.6 is 0 Å². The van der Waals surface area contributed by atoms with Crippen molar-refractivity contribution in [3.8, 4) is 0 Å². The van der Waals surface area contributed by atoms with Gasteiger partial charge < -0.3 is 14.7 Å². The zero-order valence-electron chi connectivity index (χ0n) is 9.34. The second-order valence-corrected chi connectivity index (χ2v) is 3.77. The number of carboxylic acids is 1. The maximum absolute atomic E-state index is 11.4. The van der Waals surface area contributed by atoms with Crippen LogP contribution in [-0.4, -0.2) is 40.7 Å². The molecule has 17 heavy (non-hydrogen) atoms. The van der Waals surface area contributed by atoms with Gasteiger partial charge in [-0.25, -0.2) is 9.59 Å². The lowest BCUT2D eigenvalue weighted by molar-refractivity contribution is 0.0694. The zero-order chi connectivity index (χ0) is 12.4. The van der Waals surface area contributed by atoms with Gasteiger partial charge in [-0.1, -0.05) is 0 Å². The number of rotatable bonds is 1. The standard InChI is InChI=1S/C11H12N2O4/c1-17-11(16)13-3-2-8-7(6-13)4-12-5-9(8)10(14)15/h4-5H,2-3,6H2,1H3,(H,14,15). The highest BCUT2D eigenvalue weighted by Gasteiger charge is 2.24. The number of aromatic carboxylic acids is 1. The lowest BCUT2D eigenvalue weighted by atomic mass is 9.97. The van der Waals surface area contributed by atoms with Crippen molar-refractivity contribution >= 4 is 12.1 Å². The molecule has 1 aliphatic heterocycles. The summed E-state index contributed by atoms with van der Waals surface area (Å²) in [6.07, 6.45) is 3.04. The van der Waals surface area contributed by atoms with E-state index in [1.807, 2.05) is 0 Å². The fourth-order valence-electron chi connectivity index (χ4n) is 1.96. The van der Waals surface area contributed by atoms with Crippen molar-refractivity contribution < 1.29 is 19.4 Å². The van der Waals surface area contributed by atoms with Crippen LogP contribution < -0.4 is 0 Å². The summed E-state index contributed by atoms with van der Waals surface area (Å²) in [5.74, 6) is -0.985. The van der Waals surface area contributed by atoms with Crippen molar-refractivity contribution in [2.24, 2.45) is 0 Å². The zero-order valence-corrected chi connectivity index (χ0v) is 9.34. The molecule has 1 N–H and O–H groups in total. The fraction of sp³-hybridized carbons (Fsp3) is 0.364. The molecule has 0 radical (unpaired) electrons. The van der Waals surface area contributed by atoms with Gasteiger partial charge in [0.1, 0.15) is 0 Å². The smallest absolute Gasteiger partial charge is 0.409 e. The van der Waals surface area contributed by atoms with Gasteiger partial charge in [-0.2, -0.15) is 0 Å². The largest absolute Gasteiger partial charge is 0.478 e. The molecular weight excluding hydrogens is 224 g/mol. The second-order valence-electron chi connectivity index (χ2n) is 3.77. The van der Waals surface area contributed by atoms with Gasteiger partial charge in [0, 0.05) is 18.9 Å². The Morgan fingerprint density at radius 2 is 2.24 bits per heavy atom. The fourth-order valence-corrected chi connectivity index (χ4v) is 1.96. The summed E-state index contributed by atoms with van der Waals surface area (Å²) in [4.78, 5) is 27.8. The van der Waals surface area contributed by atoms with Crippen LogP contribution in [0.5, 0.6) is 0 Å². The molecule has 1 amide bonds. The molecule has 1 aromatic heterocycles. The van der Waals surface area contributed by atoms with Gasteiger partial charge >= 0.3 is 12.1 Å². The van der Waals surface area contributed by atoms with Gasteiger partial charge in [0.25, 0.3) is 0 Å². The minimum absolute atomic E-state index is 0.215. The average Bonchev–Trinajstić information content (AvgIpc) is 2.36. The van der Waals surface area contributed by atoms with E-state index in [4.69, 9.17) is 5.11 Å². The van der Waals surface area contributed by atoms with E-state index in [1.165, 1.54) is 18.2 Å². The lowest BCUT2D eigenvalue weighted by Crippen LogP contribution is -2.36. The quantitative estimate of drug-likeness (QED) is 0.783. The molecule has 0 atom stereocenters. The highest BCUT2D eigenvalue weighted by molar-refractivity contribution is 5.89. The van der Waals surface area contributed by atoms with Crippen LogP contribution in [0, 0.1) is 0 Å². The van der Waals surface area contributed by atoms with Gasteiger partial charge in [0.2, 0.25) is 0 Å². The highest BCUT2D eigenvalue weighted by Crippen LogP contribution is 2.21. The van der Waals surface area contributed by atoms with Gasteiger partial charge in [0.05, 0.1) is 19.2 Å². The number of amides is 1. The first kappa shape index (κ1) is 11.4. The van der Waals surface area contributed by atoms with Crippen molar-refractivity contribution in [3.05, 3.63) is 29.1 Å². The first-order chi connectivity index (χ1) is 8.13. The molecule has 0 saturated heterocycles. The summed E-state index contributed by atoms with van der Waals surface area (Å²) in [5.41, 5.74) is 1.74. The Balaban J connectivity index is 2.31. The number of carbonyl (C=O) groups is 2. The molecule has 1 aromatic rings. The van der Waals surface area contributed by atoms with Crippen LogP contribution in [0.3, 0.4) is 0 Å². The van der Waals surface area contributed by atoms with E-state index in [9.17, 15) is 9.59 Å². The molecule has 90 valence electrons. The van der Waals surface area contributed by atoms with Crippen LogP contribution in [0.25, 0.3) is 0 Å². The van der Waals surface area contributed by atoms with Crippen molar-refractivity contribution in [1.29, 1.82) is 0 Å². The number of ether oxygens (including phenoxy) is 1. The van der Waals surface area contributed by atoms with Crippen molar-refractivity contribution in [3.63, 3.8) is 0 Å². The predicted octanol–water partition coefficient (Wildman–Crippen LogP) is 0.904. The number of fused-ring (bicyclic) bond motifs is 1. The number of hydrogen-bond donors (Lipinski definition) is 1. The molecule has 0 unspecified atom stereocenters. The molecule has 2 heterocycles. The molecular formula is C11H12N2O4. The monoisotopic (exact) mass is 236 g/mol. The Hall–Kier alpha value is -2.11. The van der Waals surface area contributed by atoms with Crippen molar-refractivity contribution in [1.82, 2.24) is 9.88 Å². The maximum atomic E-state index is 11.4. The SMILES string of the molecule is COC(=O)N1CCc2c(cncc2C(=O)O)C1. The van der Waals surface area contributed by atoms with E-state index in [0.717, 1.165) is 11.1 Å². The maximum Gasteiger partial charge on any atom is 0.409 e. The van der Waals surface area contributed by atoms with Gasteiger partial charge in [-0.05, 0) is 17.5 Å². The number of carboxylic acid groups (broad SMARTS) is 1. The molecule has 0 aromatic carbocycles. The molecule has 6 nitrogen and oxygen atoms in total. The predicted molar refractivity (Wildman–Crippen MR) is 57.7 cm³/mol. The topological polar surface area (TPSA) is 79.7 Å². The Morgan fingerprint density at radius 1 is 1.47 bits per heavy atom. The average molecular weight is 236 g/mol. The Kier molecular flexibility index (Phi) is 2.95. The molecule has 1 aliphatic rings. The van der Waals surface area contributed by atoms with Crippen molar-refractivity contribution in [2.75, 3.05) is 13.7 Å². The number of hydrogen-bond acceptors (Lipinski definition) is 4. The first-order valence-corrected chi connectivity index (χ1v) is 5.15. The lowest BCUT2D eigenvalue weighted by Gasteiger charge is -2.27. The number of nitrogens with zero attached hydrogens (tertiary/aromatic N) is 2. The molecule has 0 aliphatic carbocycles. The van der Waals surface area contributed by atoms with Gasteiger partial charge in [-0.3, -0.25) is 4.98 Å². The third kappa shape index (κ3) is 2.06. The minimum atomic E-state index is -0.985. The number of methoxy groups -OCH3 is 1. The van der Waals surface area contributed by atoms with E-state index < -0.39 is 12.1 Å². The highest BCUT2D eigenvalue weighted by atomic mass is 16.5. The molecule has 6 heteroatoms. The summed E-state index contributed by atoms with van der Waals surface area (Å²) in [6, 6.07) is 0. The first-order valence-electron chi connectivity index (χ1n) is 5.15. The minimum Gasteiger partial charge on any atom is -0.478 e. The van der Waals surface area contributed by atoms with Crippen LogP contribution in [0.1, 0.15) is 21.5 Å². The third-order valence-electron chi connectivity index (χ3n) is 2.80. The molecule has 0 fully saturated rings. The molecule has 0 spiro atoms. The van der Waals surface area contributed by atoms with Crippen LogP contribution in [0.2, 0.25) is 0 Å². The summed E-state index contributed by atoms with van der Waals surface area (Å²) < 4.78 is 4.63. The Morgan fingerprint density at radius 3 is 2.88 bits per heavy atom. The number of carbonyl (C=O) groups excluding carboxylic acids is 1. The summed E-state index contributed by atoms with van der Waals surface area (Å²) >= 11 is 0. The van der Waals surface area contributed by atoms with Crippen LogP contribution in [0.4, 0.5) is 4.79 Å². The number of pyridine rings is 1. The van der Waals surface area contributed by atoms with Crippen molar-refractivity contribution in [2.45, 2.75) is 13.0 Å². The Bertz CT molecular complexity index is 473. The molecule has 0 saturated carbocycles. The number of aromatic nitrogens is 1. The van der Waals surface area contributed by atoms with Gasteiger partial charge in [-0.15, -0.1) is 0 Å². The van der Waals surface area contributed by atoms with E-state index in [0.29, 0.717) is 19.5 Å². The summed E-state index contributed by atoms with van der Waals surface area (Å²) in [7, 11) is 1.32. The third-order valence-corrected chi connectivity index (χ3v) is 2.80. The van der Waals surface area contributed by atoms with Crippen LogP contribution in [0.15, 0.2) is 12.4 Å². The summed E-state index contributed by atoms with van der Waals surface area (Å²) in [6.45, 7) is 0.806. The van der Waals surface area contributed by atoms with E-state index in [-0.39, 0.29) is 5.56 Å². The van der Waals surface area contributed by atoms with E-state index in [2.05, 4.69) is 9.72 Å². The van der Waals surface area contributed by atoms with E-state index >= 15 is 0 Å². The van der Waals surface area contributed by atoms with Gasteiger partial charge in [0.15, 0.2) is 0 Å². The Labute approximate surface area is 97.8 Å². The second kappa shape index (κ2) is 4.40.